The summed E-state index contributed by atoms with van der Waals surface area (Å²) in [6.07, 6.45) is 0. The quantitative estimate of drug-likeness (QED) is 0.288. The molecule has 0 fully saturated rings. The molecule has 3 rings (SSSR count). The van der Waals surface area contributed by atoms with Crippen molar-refractivity contribution < 1.29 is 51.0 Å². The molecule has 0 atom stereocenters. The third-order valence-corrected chi connectivity index (χ3v) is 2.60. The van der Waals surface area contributed by atoms with Crippen molar-refractivity contribution in [3.63, 3.8) is 0 Å². The summed E-state index contributed by atoms with van der Waals surface area (Å²) in [6, 6.07) is 27.0. The molecule has 3 aromatic carbocycles. The van der Waals surface area contributed by atoms with Gasteiger partial charge in [0.05, 0.1) is 0 Å². The van der Waals surface area contributed by atoms with Crippen LogP contribution in [0.4, 0.5) is 0 Å². The molecule has 0 amide bonds. The van der Waals surface area contributed by atoms with Crippen LogP contribution in [-0.4, -0.2) is 21.1 Å². The van der Waals surface area contributed by atoms with E-state index in [-0.39, 0.29) is 72.2 Å². The number of halogens is 2. The van der Waals surface area contributed by atoms with E-state index >= 15 is 0 Å². The van der Waals surface area contributed by atoms with E-state index in [2.05, 4.69) is 77.5 Å². The molecular formula is C19H23Cl2SnZr. The molecule has 0 aromatic heterocycles. The second kappa shape index (κ2) is 18.5. The first-order chi connectivity index (χ1) is 9.77. The molecule has 0 N–H and O–H groups in total. The Morgan fingerprint density at radius 2 is 1.09 bits per heavy atom. The summed E-state index contributed by atoms with van der Waals surface area (Å²) in [7, 11) is 0. The molecule has 0 nitrogen and oxygen atoms in total. The summed E-state index contributed by atoms with van der Waals surface area (Å²) in [5.74, 6) is 0. The van der Waals surface area contributed by atoms with E-state index in [0.717, 1.165) is 0 Å². The zero-order valence-corrected chi connectivity index (χ0v) is 21.1. The van der Waals surface area contributed by atoms with E-state index in [1.54, 1.807) is 0 Å². The molecule has 0 heterocycles. The Bertz CT molecular complexity index is 534. The summed E-state index contributed by atoms with van der Waals surface area (Å²) in [6.45, 7) is 2.08. The van der Waals surface area contributed by atoms with E-state index in [1.807, 2.05) is 18.2 Å². The van der Waals surface area contributed by atoms with Gasteiger partial charge < -0.3 is 24.8 Å². The smallest absolute Gasteiger partial charge is 1.00 e. The van der Waals surface area contributed by atoms with Gasteiger partial charge in [0.1, 0.15) is 0 Å². The molecule has 0 unspecified atom stereocenters. The van der Waals surface area contributed by atoms with Gasteiger partial charge in [0.2, 0.25) is 0 Å². The van der Waals surface area contributed by atoms with E-state index in [1.165, 1.54) is 16.7 Å². The molecule has 4 heteroatoms. The number of benzene rings is 1. The molecule has 1 radical (unpaired) electrons. The van der Waals surface area contributed by atoms with Gasteiger partial charge in [-0.3, -0.25) is 0 Å². The maximum atomic E-state index is 2.32. The average Bonchev–Trinajstić information content (AvgIpc) is 3.14. The van der Waals surface area contributed by atoms with Gasteiger partial charge >= 0.3 is 57.2 Å². The fourth-order valence-electron chi connectivity index (χ4n) is 1.67. The Balaban J connectivity index is -0.000000291. The van der Waals surface area contributed by atoms with E-state index < -0.39 is 0 Å². The SMILES string of the molecule is C[c-]1cccc1.[CH3][SnH][CH3].[Cl-].[Cl-].[Zr+4].c1ccc(-[c-]2cccc2)cc1. The zero-order valence-electron chi connectivity index (χ0n) is 13.8. The van der Waals surface area contributed by atoms with Crippen molar-refractivity contribution in [3.05, 3.63) is 84.4 Å². The fourth-order valence-corrected chi connectivity index (χ4v) is 1.67. The summed E-state index contributed by atoms with van der Waals surface area (Å²) in [5, 5.41) is 0. The first-order valence-corrected chi connectivity index (χ1v) is 13.6. The molecule has 0 aliphatic heterocycles. The van der Waals surface area contributed by atoms with E-state index in [4.69, 9.17) is 0 Å². The third kappa shape index (κ3) is 13.2. The monoisotopic (exact) mass is 531 g/mol. The van der Waals surface area contributed by atoms with Crippen LogP contribution in [0.2, 0.25) is 9.88 Å². The van der Waals surface area contributed by atoms with Crippen molar-refractivity contribution in [2.45, 2.75) is 16.8 Å². The largest absolute Gasteiger partial charge is 4.00 e. The molecule has 0 aliphatic carbocycles. The second-order valence-electron chi connectivity index (χ2n) is 4.58. The van der Waals surface area contributed by atoms with Gasteiger partial charge in [-0.1, -0.05) is 30.7 Å². The molecule has 23 heavy (non-hydrogen) atoms. The molecule has 3 aromatic rings. The first-order valence-electron chi connectivity index (χ1n) is 6.97. The predicted molar refractivity (Wildman–Crippen MR) is 93.1 cm³/mol. The number of aryl methyl sites for hydroxylation is 1. The van der Waals surface area contributed by atoms with Gasteiger partial charge in [-0.05, 0) is 0 Å². The van der Waals surface area contributed by atoms with Crippen molar-refractivity contribution in [3.8, 4) is 11.1 Å². The molecule has 0 saturated heterocycles. The number of hydrogen-bond acceptors (Lipinski definition) is 0. The standard InChI is InChI=1S/C11H9.C6H7.2CH3.2ClH.Sn.Zr.H/c1-2-6-10(7-3-1)11-8-4-5-9-11;1-6-4-2-3-5-6;;;;;;;/h1-9H;2-5H,1H3;2*1H3;2*1H;;;/q2*-1;;;;;;+4;/p-2. The van der Waals surface area contributed by atoms with Gasteiger partial charge in [-0.25, -0.2) is 12.1 Å². The van der Waals surface area contributed by atoms with Crippen LogP contribution in [0.15, 0.2) is 78.9 Å². The Hall–Kier alpha value is 0.182. The summed E-state index contributed by atoms with van der Waals surface area (Å²) in [5.41, 5.74) is 3.93. The molecule has 0 aliphatic rings. The summed E-state index contributed by atoms with van der Waals surface area (Å²) in [4.78, 5) is 4.63. The van der Waals surface area contributed by atoms with E-state index in [9.17, 15) is 0 Å². The summed E-state index contributed by atoms with van der Waals surface area (Å²) < 4.78 is 0. The van der Waals surface area contributed by atoms with Crippen molar-refractivity contribution in [1.29, 1.82) is 0 Å². The van der Waals surface area contributed by atoms with Crippen LogP contribution in [0.1, 0.15) is 5.56 Å². The molecular weight excluding hydrogens is 509 g/mol. The Morgan fingerprint density at radius 3 is 1.43 bits per heavy atom. The molecule has 0 saturated carbocycles. The molecule has 0 spiro atoms. The van der Waals surface area contributed by atoms with Gasteiger partial charge in [0.15, 0.2) is 0 Å². The van der Waals surface area contributed by atoms with Crippen molar-refractivity contribution in [2.24, 2.45) is 0 Å². The van der Waals surface area contributed by atoms with Crippen LogP contribution in [-0.2, 0) is 26.2 Å². The predicted octanol–water partition coefficient (Wildman–Crippen LogP) is -0.689. The van der Waals surface area contributed by atoms with Crippen LogP contribution in [0.5, 0.6) is 0 Å². The Kier molecular flexibility index (Phi) is 22.5. The zero-order chi connectivity index (χ0) is 14.6. The van der Waals surface area contributed by atoms with Crippen LogP contribution in [0, 0.1) is 6.92 Å². The maximum absolute atomic E-state index is 2.32. The minimum atomic E-state index is 0. The minimum absolute atomic E-state index is 0. The Morgan fingerprint density at radius 1 is 0.696 bits per heavy atom. The van der Waals surface area contributed by atoms with Crippen molar-refractivity contribution in [2.75, 3.05) is 0 Å². The van der Waals surface area contributed by atoms with Gasteiger partial charge in [-0.2, -0.15) is 29.8 Å². The number of rotatable bonds is 1. The minimum Gasteiger partial charge on any atom is -1.00 e. The van der Waals surface area contributed by atoms with Crippen molar-refractivity contribution in [1.82, 2.24) is 0 Å². The number of hydrogen-bond donors (Lipinski definition) is 0. The molecule has 0 bridgehead atoms. The third-order valence-electron chi connectivity index (χ3n) is 2.60. The van der Waals surface area contributed by atoms with Crippen LogP contribution >= 0.6 is 0 Å². The molecule has 121 valence electrons. The average molecular weight is 532 g/mol. The second-order valence-corrected chi connectivity index (χ2v) is 7.87. The topological polar surface area (TPSA) is 0 Å². The Labute approximate surface area is 183 Å². The van der Waals surface area contributed by atoms with Crippen LogP contribution in [0.25, 0.3) is 11.1 Å². The summed E-state index contributed by atoms with van der Waals surface area (Å²) >= 11 is 0.110. The van der Waals surface area contributed by atoms with Gasteiger partial charge in [-0.15, -0.1) is 29.8 Å². The first kappa shape index (κ1) is 28.0. The van der Waals surface area contributed by atoms with Gasteiger partial charge in [0, 0.05) is 0 Å². The van der Waals surface area contributed by atoms with E-state index in [0.29, 0.717) is 0 Å². The fraction of sp³-hybridized carbons (Fsp3) is 0.158. The van der Waals surface area contributed by atoms with Crippen molar-refractivity contribution >= 4 is 21.1 Å². The normalized spacial score (nSPS) is 7.78. The maximum Gasteiger partial charge on any atom is 4.00 e. The van der Waals surface area contributed by atoms with Gasteiger partial charge in [0.25, 0.3) is 0 Å². The van der Waals surface area contributed by atoms with Crippen LogP contribution < -0.4 is 24.8 Å². The van der Waals surface area contributed by atoms with Crippen LogP contribution in [0.3, 0.4) is 0 Å².